The Labute approximate surface area is 107 Å². The molecule has 2 rings (SSSR count). The molecule has 1 N–H and O–H groups in total. The van der Waals surface area contributed by atoms with Gasteiger partial charge in [0, 0.05) is 22.9 Å². The quantitative estimate of drug-likeness (QED) is 0.878. The van der Waals surface area contributed by atoms with Crippen molar-refractivity contribution in [2.45, 2.75) is 44.6 Å². The van der Waals surface area contributed by atoms with Crippen LogP contribution in [0.25, 0.3) is 0 Å². The highest BCUT2D eigenvalue weighted by Crippen LogP contribution is 2.40. The van der Waals surface area contributed by atoms with E-state index in [1.54, 1.807) is 0 Å². The minimum atomic E-state index is -0.0591. The Morgan fingerprint density at radius 3 is 2.53 bits per heavy atom. The van der Waals surface area contributed by atoms with E-state index in [4.69, 9.17) is 11.6 Å². The lowest BCUT2D eigenvalue weighted by molar-refractivity contribution is -0.119. The zero-order valence-electron chi connectivity index (χ0n) is 10.3. The van der Waals surface area contributed by atoms with Crippen molar-refractivity contribution < 1.29 is 4.79 Å². The highest BCUT2D eigenvalue weighted by atomic mass is 35.5. The highest BCUT2D eigenvalue weighted by molar-refractivity contribution is 6.30. The molecule has 17 heavy (non-hydrogen) atoms. The van der Waals surface area contributed by atoms with Crippen molar-refractivity contribution >= 4 is 17.5 Å². The van der Waals surface area contributed by atoms with Crippen molar-refractivity contribution in [3.8, 4) is 0 Å². The van der Waals surface area contributed by atoms with Gasteiger partial charge in [0.15, 0.2) is 0 Å². The Hall–Kier alpha value is -1.02. The predicted octanol–water partition coefficient (Wildman–Crippen LogP) is 3.29. The molecule has 0 bridgehead atoms. The second kappa shape index (κ2) is 4.69. The number of benzene rings is 1. The van der Waals surface area contributed by atoms with Crippen molar-refractivity contribution in [2.24, 2.45) is 0 Å². The summed E-state index contributed by atoms with van der Waals surface area (Å²) in [5, 5.41) is 3.83. The van der Waals surface area contributed by atoms with Crippen molar-refractivity contribution in [2.75, 3.05) is 0 Å². The standard InChI is InChI=1S/C14H18ClNO/c1-3-12-14(4-2,9-13(17)16-12)10-5-7-11(15)8-6-10/h5-8,12H,3-4,9H2,1-2H3,(H,16,17). The maximum absolute atomic E-state index is 11.7. The summed E-state index contributed by atoms with van der Waals surface area (Å²) >= 11 is 5.92. The fourth-order valence-corrected chi connectivity index (χ4v) is 3.07. The van der Waals surface area contributed by atoms with Crippen LogP contribution in [-0.2, 0) is 10.2 Å². The Morgan fingerprint density at radius 2 is 2.00 bits per heavy atom. The molecule has 0 saturated carbocycles. The first-order valence-corrected chi connectivity index (χ1v) is 6.55. The molecule has 1 amide bonds. The fraction of sp³-hybridized carbons (Fsp3) is 0.500. The lowest BCUT2D eigenvalue weighted by Crippen LogP contribution is -2.39. The lowest BCUT2D eigenvalue weighted by Gasteiger charge is -2.33. The third kappa shape index (κ3) is 2.06. The van der Waals surface area contributed by atoms with E-state index in [9.17, 15) is 4.79 Å². The van der Waals surface area contributed by atoms with Gasteiger partial charge in [-0.05, 0) is 30.5 Å². The number of hydrogen-bond acceptors (Lipinski definition) is 1. The molecular formula is C14H18ClNO. The van der Waals surface area contributed by atoms with E-state index < -0.39 is 0 Å². The molecule has 2 atom stereocenters. The van der Waals surface area contributed by atoms with Crippen LogP contribution in [0.2, 0.25) is 5.02 Å². The van der Waals surface area contributed by atoms with E-state index in [0.29, 0.717) is 6.42 Å². The predicted molar refractivity (Wildman–Crippen MR) is 70.3 cm³/mol. The summed E-state index contributed by atoms with van der Waals surface area (Å²) in [4.78, 5) is 11.7. The Bertz CT molecular complexity index is 415. The number of hydrogen-bond donors (Lipinski definition) is 1. The van der Waals surface area contributed by atoms with Gasteiger partial charge in [-0.25, -0.2) is 0 Å². The van der Waals surface area contributed by atoms with Crippen LogP contribution in [0.4, 0.5) is 0 Å². The SMILES string of the molecule is CCC1NC(=O)CC1(CC)c1ccc(Cl)cc1. The molecule has 0 aromatic heterocycles. The molecule has 1 aromatic carbocycles. The number of carbonyl (C=O) groups excluding carboxylic acids is 1. The number of carbonyl (C=O) groups is 1. The molecule has 1 aliphatic heterocycles. The molecule has 0 aliphatic carbocycles. The van der Waals surface area contributed by atoms with Gasteiger partial charge in [-0.3, -0.25) is 4.79 Å². The summed E-state index contributed by atoms with van der Waals surface area (Å²) < 4.78 is 0. The van der Waals surface area contributed by atoms with Gasteiger partial charge in [0.2, 0.25) is 5.91 Å². The van der Waals surface area contributed by atoms with Gasteiger partial charge < -0.3 is 5.32 Å². The van der Waals surface area contributed by atoms with Gasteiger partial charge in [0.1, 0.15) is 0 Å². The van der Waals surface area contributed by atoms with Crippen molar-refractivity contribution in [3.63, 3.8) is 0 Å². The minimum Gasteiger partial charge on any atom is -0.352 e. The fourth-order valence-electron chi connectivity index (χ4n) is 2.95. The molecule has 3 heteroatoms. The Balaban J connectivity index is 2.42. The summed E-state index contributed by atoms with van der Waals surface area (Å²) in [6, 6.07) is 8.15. The van der Waals surface area contributed by atoms with Gasteiger partial charge in [-0.1, -0.05) is 37.6 Å². The lowest BCUT2D eigenvalue weighted by atomic mass is 9.71. The molecule has 1 heterocycles. The third-order valence-electron chi connectivity index (χ3n) is 3.94. The maximum atomic E-state index is 11.7. The van der Waals surface area contributed by atoms with Gasteiger partial charge in [0.25, 0.3) is 0 Å². The summed E-state index contributed by atoms with van der Waals surface area (Å²) in [5.74, 6) is 0.161. The molecule has 2 nitrogen and oxygen atoms in total. The van der Waals surface area contributed by atoms with Gasteiger partial charge >= 0.3 is 0 Å². The van der Waals surface area contributed by atoms with Gasteiger partial charge in [-0.15, -0.1) is 0 Å². The molecule has 1 aromatic rings. The minimum absolute atomic E-state index is 0.0591. The Kier molecular flexibility index (Phi) is 3.43. The smallest absolute Gasteiger partial charge is 0.221 e. The maximum Gasteiger partial charge on any atom is 0.221 e. The van der Waals surface area contributed by atoms with Crippen molar-refractivity contribution in [3.05, 3.63) is 34.9 Å². The molecule has 1 saturated heterocycles. The van der Waals surface area contributed by atoms with Crippen LogP contribution < -0.4 is 5.32 Å². The Morgan fingerprint density at radius 1 is 1.35 bits per heavy atom. The van der Waals surface area contributed by atoms with Crippen LogP contribution in [0.15, 0.2) is 24.3 Å². The van der Waals surface area contributed by atoms with Crippen LogP contribution in [0, 0.1) is 0 Å². The van der Waals surface area contributed by atoms with Crippen molar-refractivity contribution in [1.29, 1.82) is 0 Å². The topological polar surface area (TPSA) is 29.1 Å². The second-order valence-corrected chi connectivity index (χ2v) is 5.16. The first-order chi connectivity index (χ1) is 8.12. The molecule has 1 fully saturated rings. The molecule has 0 radical (unpaired) electrons. The van der Waals surface area contributed by atoms with Crippen LogP contribution in [0.1, 0.15) is 38.7 Å². The van der Waals surface area contributed by atoms with Crippen LogP contribution in [-0.4, -0.2) is 11.9 Å². The summed E-state index contributed by atoms with van der Waals surface area (Å²) in [7, 11) is 0. The average molecular weight is 252 g/mol. The summed E-state index contributed by atoms with van der Waals surface area (Å²) in [6.45, 7) is 4.27. The first kappa shape index (κ1) is 12.4. The van der Waals surface area contributed by atoms with Gasteiger partial charge in [0.05, 0.1) is 0 Å². The average Bonchev–Trinajstić information content (AvgIpc) is 2.67. The van der Waals surface area contributed by atoms with E-state index in [2.05, 4.69) is 31.3 Å². The second-order valence-electron chi connectivity index (χ2n) is 4.72. The van der Waals surface area contributed by atoms with E-state index in [0.717, 1.165) is 17.9 Å². The number of rotatable bonds is 3. The molecule has 0 spiro atoms. The summed E-state index contributed by atoms with van der Waals surface area (Å²) in [6.07, 6.45) is 2.51. The van der Waals surface area contributed by atoms with Gasteiger partial charge in [-0.2, -0.15) is 0 Å². The molecule has 92 valence electrons. The van der Waals surface area contributed by atoms with Crippen LogP contribution in [0.5, 0.6) is 0 Å². The number of nitrogens with one attached hydrogen (secondary N) is 1. The zero-order chi connectivity index (χ0) is 12.5. The van der Waals surface area contributed by atoms with Crippen LogP contribution >= 0.6 is 11.6 Å². The van der Waals surface area contributed by atoms with Crippen LogP contribution in [0.3, 0.4) is 0 Å². The monoisotopic (exact) mass is 251 g/mol. The van der Waals surface area contributed by atoms with E-state index in [-0.39, 0.29) is 17.4 Å². The number of amides is 1. The van der Waals surface area contributed by atoms with Crippen molar-refractivity contribution in [1.82, 2.24) is 5.32 Å². The van der Waals surface area contributed by atoms with E-state index in [1.165, 1.54) is 5.56 Å². The molecular weight excluding hydrogens is 234 g/mol. The third-order valence-corrected chi connectivity index (χ3v) is 4.19. The normalized spacial score (nSPS) is 28.2. The molecule has 1 aliphatic rings. The highest BCUT2D eigenvalue weighted by Gasteiger charge is 2.45. The van der Waals surface area contributed by atoms with E-state index in [1.807, 2.05) is 12.1 Å². The zero-order valence-corrected chi connectivity index (χ0v) is 11.1. The largest absolute Gasteiger partial charge is 0.352 e. The number of halogens is 1. The van der Waals surface area contributed by atoms with E-state index >= 15 is 0 Å². The first-order valence-electron chi connectivity index (χ1n) is 6.17. The summed E-state index contributed by atoms with van der Waals surface area (Å²) in [5.41, 5.74) is 1.16. The molecule has 2 unspecified atom stereocenters.